The number of imide groups is 1. The molecule has 0 spiro atoms. The number of benzene rings is 3. The number of nitro benzene ring substituents is 1. The standard InChI is InChI=1S/C32H23Cl2N3O6S2/c33-15-3-1-14(2-4-15)13-43-22-10-5-16(34)11-19(22)23-24-20-12-21(27(24)44-29-28(23)45-32(40)35-29)26-25(20)30(38)36(31(26)39)17-6-8-18(9-7-17)37(41)42/h1-11,20-21,23-27H,12-13H2,(H,35,40)/t20-,21-,23?,24?,25?,26?,27?/m1/s1. The van der Waals surface area contributed by atoms with E-state index in [4.69, 9.17) is 27.9 Å². The lowest BCUT2D eigenvalue weighted by Gasteiger charge is -2.43. The molecule has 2 aliphatic heterocycles. The number of thiazole rings is 1. The largest absolute Gasteiger partial charge is 0.489 e. The van der Waals surface area contributed by atoms with Gasteiger partial charge in [-0.05, 0) is 72.2 Å². The zero-order chi connectivity index (χ0) is 31.1. The summed E-state index contributed by atoms with van der Waals surface area (Å²) in [4.78, 5) is 56.3. The van der Waals surface area contributed by atoms with Crippen LogP contribution < -0.4 is 14.5 Å². The summed E-state index contributed by atoms with van der Waals surface area (Å²) in [6, 6.07) is 18.5. The Labute approximate surface area is 274 Å². The Balaban J connectivity index is 1.18. The molecule has 9 nitrogen and oxygen atoms in total. The van der Waals surface area contributed by atoms with Crippen LogP contribution in [0.2, 0.25) is 10.0 Å². The number of anilines is 1. The van der Waals surface area contributed by atoms with Crippen LogP contribution in [0.1, 0.15) is 28.3 Å². The summed E-state index contributed by atoms with van der Waals surface area (Å²) in [6.45, 7) is 0.297. The fourth-order valence-electron chi connectivity index (χ4n) is 7.98. The van der Waals surface area contributed by atoms with Crippen molar-refractivity contribution in [2.75, 3.05) is 4.90 Å². The van der Waals surface area contributed by atoms with Gasteiger partial charge in [0.25, 0.3) is 5.69 Å². The molecule has 8 rings (SSSR count). The zero-order valence-electron chi connectivity index (χ0n) is 23.2. The SMILES string of the molecule is O=C1C2C(C(=O)N1c1ccc([N+](=O)[O-])cc1)[C@@H]1C[C@H]2C2Sc3[nH]c(=O)sc3C(c3cc(Cl)ccc3OCc3ccc(Cl)cc3)C21. The van der Waals surface area contributed by atoms with Crippen LogP contribution in [0, 0.1) is 39.7 Å². The molecule has 7 atom stereocenters. The van der Waals surface area contributed by atoms with Crippen LogP contribution >= 0.6 is 46.3 Å². The van der Waals surface area contributed by atoms with Crippen molar-refractivity contribution >= 4 is 69.5 Å². The lowest BCUT2D eigenvalue weighted by Crippen LogP contribution is -2.42. The van der Waals surface area contributed by atoms with Gasteiger partial charge in [0.1, 0.15) is 12.4 Å². The minimum atomic E-state index is -0.517. The van der Waals surface area contributed by atoms with E-state index in [1.807, 2.05) is 24.3 Å². The molecule has 2 saturated carbocycles. The van der Waals surface area contributed by atoms with Gasteiger partial charge in [0.15, 0.2) is 0 Å². The first-order valence-electron chi connectivity index (χ1n) is 14.4. The third kappa shape index (κ3) is 4.54. The van der Waals surface area contributed by atoms with Gasteiger partial charge in [-0.1, -0.05) is 46.7 Å². The van der Waals surface area contributed by atoms with E-state index in [-0.39, 0.29) is 51.3 Å². The molecule has 1 aromatic heterocycles. The number of nitrogens with zero attached hydrogens (tertiary/aromatic N) is 2. The lowest BCUT2D eigenvalue weighted by atomic mass is 9.68. The van der Waals surface area contributed by atoms with Crippen LogP contribution in [-0.4, -0.2) is 27.0 Å². The van der Waals surface area contributed by atoms with Crippen molar-refractivity contribution in [1.29, 1.82) is 0 Å². The summed E-state index contributed by atoms with van der Waals surface area (Å²) in [7, 11) is 0. The van der Waals surface area contributed by atoms with Gasteiger partial charge < -0.3 is 9.72 Å². The molecule has 3 heterocycles. The van der Waals surface area contributed by atoms with E-state index in [1.165, 1.54) is 40.5 Å². The molecule has 3 aromatic carbocycles. The molecular formula is C32H23Cl2N3O6S2. The van der Waals surface area contributed by atoms with Crippen LogP contribution in [-0.2, 0) is 16.2 Å². The number of thioether (sulfide) groups is 1. The molecule has 2 aliphatic carbocycles. The van der Waals surface area contributed by atoms with Gasteiger partial charge in [-0.15, -0.1) is 11.8 Å². The second kappa shape index (κ2) is 10.7. The van der Waals surface area contributed by atoms with Crippen LogP contribution in [0.3, 0.4) is 0 Å². The minimum Gasteiger partial charge on any atom is -0.489 e. The predicted molar refractivity (Wildman–Crippen MR) is 171 cm³/mol. The van der Waals surface area contributed by atoms with E-state index < -0.39 is 16.8 Å². The van der Waals surface area contributed by atoms with Crippen molar-refractivity contribution in [1.82, 2.24) is 4.98 Å². The Morgan fingerprint density at radius 1 is 0.933 bits per heavy atom. The van der Waals surface area contributed by atoms with Gasteiger partial charge in [0.2, 0.25) is 11.8 Å². The van der Waals surface area contributed by atoms with Gasteiger partial charge >= 0.3 is 4.87 Å². The van der Waals surface area contributed by atoms with Crippen LogP contribution in [0.15, 0.2) is 76.6 Å². The highest BCUT2D eigenvalue weighted by atomic mass is 35.5. The van der Waals surface area contributed by atoms with Crippen molar-refractivity contribution in [2.45, 2.75) is 29.2 Å². The molecule has 228 valence electrons. The molecule has 2 bridgehead atoms. The fourth-order valence-corrected chi connectivity index (χ4v) is 11.2. The number of hydrogen-bond acceptors (Lipinski definition) is 8. The van der Waals surface area contributed by atoms with E-state index in [9.17, 15) is 24.5 Å². The molecule has 2 amide bonds. The first kappa shape index (κ1) is 28.8. The third-order valence-electron chi connectivity index (χ3n) is 9.66. The number of aromatic amines is 1. The highest BCUT2D eigenvalue weighted by Gasteiger charge is 2.69. The van der Waals surface area contributed by atoms with Crippen LogP contribution in [0.25, 0.3) is 0 Å². The number of H-pyrrole nitrogens is 1. The number of ether oxygens (including phenoxy) is 1. The maximum atomic E-state index is 14.0. The third-order valence-corrected chi connectivity index (χ3v) is 12.7. The second-order valence-electron chi connectivity index (χ2n) is 11.8. The zero-order valence-corrected chi connectivity index (χ0v) is 26.4. The Morgan fingerprint density at radius 2 is 1.62 bits per heavy atom. The van der Waals surface area contributed by atoms with Gasteiger partial charge in [0.05, 0.1) is 27.5 Å². The lowest BCUT2D eigenvalue weighted by molar-refractivity contribution is -0.384. The van der Waals surface area contributed by atoms with E-state index >= 15 is 0 Å². The topological polar surface area (TPSA) is 123 Å². The molecule has 4 aliphatic rings. The average molecular weight is 681 g/mol. The molecule has 13 heteroatoms. The second-order valence-corrected chi connectivity index (χ2v) is 14.9. The maximum Gasteiger partial charge on any atom is 0.305 e. The monoisotopic (exact) mass is 679 g/mol. The molecule has 3 fully saturated rings. The molecule has 0 radical (unpaired) electrons. The minimum absolute atomic E-state index is 0.0179. The normalized spacial score (nSPS) is 27.8. The number of carbonyl (C=O) groups is 2. The van der Waals surface area contributed by atoms with E-state index in [2.05, 4.69) is 4.98 Å². The summed E-state index contributed by atoms with van der Waals surface area (Å²) in [6.07, 6.45) is 0.723. The van der Waals surface area contributed by atoms with Crippen LogP contribution in [0.5, 0.6) is 5.75 Å². The van der Waals surface area contributed by atoms with Crippen molar-refractivity contribution in [3.8, 4) is 5.75 Å². The summed E-state index contributed by atoms with van der Waals surface area (Å²) in [5.74, 6) is -1.42. The Bertz CT molecular complexity index is 1950. The number of non-ortho nitro benzene ring substituents is 1. The number of hydrogen-bond donors (Lipinski definition) is 1. The quantitative estimate of drug-likeness (QED) is 0.133. The van der Waals surface area contributed by atoms with Crippen molar-refractivity contribution in [3.63, 3.8) is 0 Å². The Hall–Kier alpha value is -3.64. The van der Waals surface area contributed by atoms with Crippen molar-refractivity contribution in [3.05, 3.63) is 113 Å². The number of rotatable bonds is 6. The number of carbonyl (C=O) groups excluding carboxylic acids is 2. The summed E-state index contributed by atoms with van der Waals surface area (Å²) >= 11 is 15.4. The number of halogens is 2. The van der Waals surface area contributed by atoms with Gasteiger partial charge in [-0.3, -0.25) is 29.4 Å². The molecule has 4 aromatic rings. The average Bonchev–Trinajstić information content (AvgIpc) is 3.76. The fraction of sp³-hybridized carbons (Fsp3) is 0.281. The van der Waals surface area contributed by atoms with E-state index in [0.29, 0.717) is 28.1 Å². The van der Waals surface area contributed by atoms with Gasteiger partial charge in [0, 0.05) is 43.8 Å². The summed E-state index contributed by atoms with van der Waals surface area (Å²) in [5, 5.41) is 13.1. The molecule has 45 heavy (non-hydrogen) atoms. The highest BCUT2D eigenvalue weighted by Crippen LogP contribution is 2.69. The Morgan fingerprint density at radius 3 is 2.33 bits per heavy atom. The first-order valence-corrected chi connectivity index (χ1v) is 16.8. The Kier molecular flexibility index (Phi) is 6.86. The number of fused-ring (bicyclic) bond motifs is 9. The maximum absolute atomic E-state index is 14.0. The molecule has 1 saturated heterocycles. The molecule has 5 unspecified atom stereocenters. The number of nitrogens with one attached hydrogen (secondary N) is 1. The van der Waals surface area contributed by atoms with Crippen LogP contribution in [0.4, 0.5) is 11.4 Å². The van der Waals surface area contributed by atoms with E-state index in [1.54, 1.807) is 30.0 Å². The van der Waals surface area contributed by atoms with Crippen molar-refractivity contribution < 1.29 is 19.2 Å². The predicted octanol–water partition coefficient (Wildman–Crippen LogP) is 6.91. The summed E-state index contributed by atoms with van der Waals surface area (Å²) < 4.78 is 6.38. The number of aromatic nitrogens is 1. The number of amides is 2. The first-order chi connectivity index (χ1) is 21.7. The van der Waals surface area contributed by atoms with Gasteiger partial charge in [-0.25, -0.2) is 0 Å². The highest BCUT2D eigenvalue weighted by molar-refractivity contribution is 8.00. The molecule has 1 N–H and O–H groups in total. The molecular weight excluding hydrogens is 657 g/mol. The van der Waals surface area contributed by atoms with Crippen molar-refractivity contribution in [2.24, 2.45) is 29.6 Å². The summed E-state index contributed by atoms with van der Waals surface area (Å²) in [5.41, 5.74) is 2.01. The van der Waals surface area contributed by atoms with Gasteiger partial charge in [-0.2, -0.15) is 0 Å². The number of nitro groups is 1. The smallest absolute Gasteiger partial charge is 0.305 e. The van der Waals surface area contributed by atoms with E-state index in [0.717, 1.165) is 27.5 Å².